The monoisotopic (exact) mass is 228 g/mol. The largest absolute Gasteiger partial charge is 0.368 e. The molecule has 0 radical (unpaired) electrons. The Morgan fingerprint density at radius 3 is 2.53 bits per heavy atom. The van der Waals surface area contributed by atoms with Crippen molar-refractivity contribution < 1.29 is 4.79 Å². The minimum atomic E-state index is -0.0935. The molecule has 2 aromatic rings. The lowest BCUT2D eigenvalue weighted by Crippen LogP contribution is -2.05. The molecule has 2 rings (SSSR count). The molecule has 86 valence electrons. The van der Waals surface area contributed by atoms with Crippen LogP contribution >= 0.6 is 0 Å². The van der Waals surface area contributed by atoms with Crippen LogP contribution in [0.4, 0.5) is 11.6 Å². The highest BCUT2D eigenvalue weighted by Gasteiger charge is 2.01. The van der Waals surface area contributed by atoms with Gasteiger partial charge in [0.15, 0.2) is 0 Å². The number of nitrogens with two attached hydrogens (primary N) is 1. The molecule has 0 aliphatic rings. The number of hydrogen-bond donors (Lipinski definition) is 2. The first-order valence-electron chi connectivity index (χ1n) is 5.12. The van der Waals surface area contributed by atoms with Gasteiger partial charge in [0.2, 0.25) is 11.9 Å². The van der Waals surface area contributed by atoms with Gasteiger partial charge in [-0.2, -0.15) is 0 Å². The lowest BCUT2D eigenvalue weighted by molar-refractivity contribution is -0.114. The summed E-state index contributed by atoms with van der Waals surface area (Å²) in [5, 5.41) is 2.70. The fourth-order valence-electron chi connectivity index (χ4n) is 1.46. The van der Waals surface area contributed by atoms with E-state index in [1.165, 1.54) is 6.92 Å². The van der Waals surface area contributed by atoms with Gasteiger partial charge in [0.25, 0.3) is 0 Å². The summed E-state index contributed by atoms with van der Waals surface area (Å²) in [6.07, 6.45) is 1.61. The van der Waals surface area contributed by atoms with Crippen molar-refractivity contribution in [1.29, 1.82) is 0 Å². The van der Waals surface area contributed by atoms with Crippen LogP contribution in [0.3, 0.4) is 0 Å². The predicted octanol–water partition coefficient (Wildman–Crippen LogP) is 1.68. The second kappa shape index (κ2) is 4.61. The van der Waals surface area contributed by atoms with Crippen molar-refractivity contribution in [1.82, 2.24) is 9.97 Å². The van der Waals surface area contributed by atoms with E-state index in [2.05, 4.69) is 15.3 Å². The van der Waals surface area contributed by atoms with E-state index in [4.69, 9.17) is 5.73 Å². The van der Waals surface area contributed by atoms with Crippen LogP contribution in [-0.2, 0) is 4.79 Å². The van der Waals surface area contributed by atoms with Gasteiger partial charge in [-0.25, -0.2) is 9.97 Å². The van der Waals surface area contributed by atoms with Gasteiger partial charge in [-0.1, -0.05) is 12.1 Å². The molecule has 1 heterocycles. The van der Waals surface area contributed by atoms with Gasteiger partial charge in [-0.05, 0) is 18.2 Å². The van der Waals surface area contributed by atoms with Crippen LogP contribution < -0.4 is 11.1 Å². The molecule has 0 atom stereocenters. The van der Waals surface area contributed by atoms with E-state index in [1.54, 1.807) is 12.3 Å². The summed E-state index contributed by atoms with van der Waals surface area (Å²) in [6, 6.07) is 9.15. The Labute approximate surface area is 98.7 Å². The van der Waals surface area contributed by atoms with Gasteiger partial charge in [-0.3, -0.25) is 4.79 Å². The van der Waals surface area contributed by atoms with Gasteiger partial charge in [0.05, 0.1) is 5.69 Å². The van der Waals surface area contributed by atoms with Crippen molar-refractivity contribution in [3.63, 3.8) is 0 Å². The number of anilines is 2. The van der Waals surface area contributed by atoms with Crippen LogP contribution in [0.25, 0.3) is 11.3 Å². The summed E-state index contributed by atoms with van der Waals surface area (Å²) < 4.78 is 0. The number of nitrogens with one attached hydrogen (secondary N) is 1. The standard InChI is InChI=1S/C12H12N4O/c1-8(17)15-10-4-2-9(3-5-10)11-6-7-14-12(13)16-11/h2-7H,1H3,(H,15,17)(H2,13,14,16). The van der Waals surface area contributed by atoms with Crippen LogP contribution in [0, 0.1) is 0 Å². The Morgan fingerprint density at radius 1 is 1.24 bits per heavy atom. The molecule has 0 saturated carbocycles. The number of nitrogen functional groups attached to an aromatic ring is 1. The normalized spacial score (nSPS) is 9.94. The van der Waals surface area contributed by atoms with Crippen molar-refractivity contribution in [2.75, 3.05) is 11.1 Å². The molecule has 0 saturated heterocycles. The molecular formula is C12H12N4O. The van der Waals surface area contributed by atoms with Gasteiger partial charge in [0.1, 0.15) is 0 Å². The van der Waals surface area contributed by atoms with E-state index in [1.807, 2.05) is 24.3 Å². The Morgan fingerprint density at radius 2 is 1.94 bits per heavy atom. The van der Waals surface area contributed by atoms with Crippen molar-refractivity contribution in [3.05, 3.63) is 36.5 Å². The van der Waals surface area contributed by atoms with Gasteiger partial charge in [-0.15, -0.1) is 0 Å². The third-order valence-electron chi connectivity index (χ3n) is 2.18. The Bertz CT molecular complexity index is 536. The summed E-state index contributed by atoms with van der Waals surface area (Å²) in [4.78, 5) is 18.8. The first-order valence-corrected chi connectivity index (χ1v) is 5.12. The van der Waals surface area contributed by atoms with E-state index < -0.39 is 0 Å². The molecule has 1 aromatic heterocycles. The zero-order valence-electron chi connectivity index (χ0n) is 9.34. The lowest BCUT2D eigenvalue weighted by atomic mass is 10.1. The minimum Gasteiger partial charge on any atom is -0.368 e. The number of rotatable bonds is 2. The summed E-state index contributed by atoms with van der Waals surface area (Å²) in [5.74, 6) is 0.150. The fourth-order valence-corrected chi connectivity index (χ4v) is 1.46. The molecule has 1 amide bonds. The summed E-state index contributed by atoms with van der Waals surface area (Å²) in [7, 11) is 0. The third-order valence-corrected chi connectivity index (χ3v) is 2.18. The molecule has 1 aromatic carbocycles. The van der Waals surface area contributed by atoms with Gasteiger partial charge < -0.3 is 11.1 Å². The van der Waals surface area contributed by atoms with E-state index in [0.29, 0.717) is 0 Å². The maximum Gasteiger partial charge on any atom is 0.221 e. The third kappa shape index (κ3) is 2.78. The summed E-state index contributed by atoms with van der Waals surface area (Å²) in [5.41, 5.74) is 7.95. The fraction of sp³-hybridized carbons (Fsp3) is 0.0833. The van der Waals surface area contributed by atoms with E-state index in [9.17, 15) is 4.79 Å². The molecule has 0 spiro atoms. The Hall–Kier alpha value is -2.43. The van der Waals surface area contributed by atoms with E-state index >= 15 is 0 Å². The first-order chi connectivity index (χ1) is 8.15. The maximum atomic E-state index is 10.9. The first kappa shape index (κ1) is 11.1. The second-order valence-electron chi connectivity index (χ2n) is 3.56. The Kier molecular flexibility index (Phi) is 3.00. The van der Waals surface area contributed by atoms with E-state index in [-0.39, 0.29) is 11.9 Å². The smallest absolute Gasteiger partial charge is 0.221 e. The predicted molar refractivity (Wildman–Crippen MR) is 66.2 cm³/mol. The zero-order valence-corrected chi connectivity index (χ0v) is 9.34. The number of aromatic nitrogens is 2. The number of hydrogen-bond acceptors (Lipinski definition) is 4. The van der Waals surface area contributed by atoms with Crippen LogP contribution in [-0.4, -0.2) is 15.9 Å². The van der Waals surface area contributed by atoms with Crippen molar-refractivity contribution in [2.24, 2.45) is 0 Å². The summed E-state index contributed by atoms with van der Waals surface area (Å²) >= 11 is 0. The number of nitrogens with zero attached hydrogens (tertiary/aromatic N) is 2. The van der Waals surface area contributed by atoms with Crippen LogP contribution in [0.15, 0.2) is 36.5 Å². The van der Waals surface area contributed by atoms with Gasteiger partial charge >= 0.3 is 0 Å². The SMILES string of the molecule is CC(=O)Nc1ccc(-c2ccnc(N)n2)cc1. The molecule has 0 fully saturated rings. The molecular weight excluding hydrogens is 216 g/mol. The molecule has 0 aliphatic heterocycles. The van der Waals surface area contributed by atoms with Crippen molar-refractivity contribution in [3.8, 4) is 11.3 Å². The number of carbonyl (C=O) groups is 1. The molecule has 0 unspecified atom stereocenters. The highest BCUT2D eigenvalue weighted by molar-refractivity contribution is 5.88. The molecule has 5 nitrogen and oxygen atoms in total. The zero-order chi connectivity index (χ0) is 12.3. The van der Waals surface area contributed by atoms with E-state index in [0.717, 1.165) is 16.9 Å². The summed E-state index contributed by atoms with van der Waals surface area (Å²) in [6.45, 7) is 1.47. The molecule has 0 bridgehead atoms. The average Bonchev–Trinajstić information content (AvgIpc) is 2.29. The number of carbonyl (C=O) groups excluding carboxylic acids is 1. The van der Waals surface area contributed by atoms with Crippen molar-refractivity contribution >= 4 is 17.5 Å². The highest BCUT2D eigenvalue weighted by atomic mass is 16.1. The van der Waals surface area contributed by atoms with Crippen molar-refractivity contribution in [2.45, 2.75) is 6.92 Å². The van der Waals surface area contributed by atoms with Crippen LogP contribution in [0.5, 0.6) is 0 Å². The lowest BCUT2D eigenvalue weighted by Gasteiger charge is -2.04. The van der Waals surface area contributed by atoms with Crippen LogP contribution in [0.1, 0.15) is 6.92 Å². The topological polar surface area (TPSA) is 80.9 Å². The minimum absolute atomic E-state index is 0.0935. The van der Waals surface area contributed by atoms with Gasteiger partial charge in [0, 0.05) is 24.4 Å². The quantitative estimate of drug-likeness (QED) is 0.819. The molecule has 17 heavy (non-hydrogen) atoms. The number of benzene rings is 1. The second-order valence-corrected chi connectivity index (χ2v) is 3.56. The van der Waals surface area contributed by atoms with Crippen LogP contribution in [0.2, 0.25) is 0 Å². The average molecular weight is 228 g/mol. The molecule has 0 aliphatic carbocycles. The molecule has 5 heteroatoms. The maximum absolute atomic E-state index is 10.9. The molecule has 3 N–H and O–H groups in total. The number of amides is 1. The highest BCUT2D eigenvalue weighted by Crippen LogP contribution is 2.19. The Balaban J connectivity index is 2.26.